The summed E-state index contributed by atoms with van der Waals surface area (Å²) < 4.78 is 83.8. The van der Waals surface area contributed by atoms with Crippen LogP contribution in [0.15, 0.2) is 45.1 Å². The number of nitrogens with zero attached hydrogens (tertiary/aromatic N) is 8. The molecule has 3 heterocycles. The maximum absolute atomic E-state index is 12.0. The number of anilines is 3. The highest BCUT2D eigenvalue weighted by atomic mass is 32.2. The molecule has 3 N–H and O–H groups in total. The van der Waals surface area contributed by atoms with Gasteiger partial charge < -0.3 is 4.42 Å². The van der Waals surface area contributed by atoms with E-state index in [2.05, 4.69) is 30.3 Å². The Labute approximate surface area is 221 Å². The molecule has 0 aliphatic rings. The highest BCUT2D eigenvalue weighted by molar-refractivity contribution is 7.92. The summed E-state index contributed by atoms with van der Waals surface area (Å²) in [6, 6.07) is 8.73. The van der Waals surface area contributed by atoms with Crippen molar-refractivity contribution >= 4 is 70.3 Å². The molecule has 0 saturated heterocycles. The van der Waals surface area contributed by atoms with Crippen molar-refractivity contribution < 1.29 is 29.7 Å². The molecule has 204 valence electrons. The Bertz CT molecular complexity index is 1900. The van der Waals surface area contributed by atoms with Crippen LogP contribution in [0.4, 0.5) is 29.1 Å². The predicted octanol–water partition coefficient (Wildman–Crippen LogP) is 1.21. The van der Waals surface area contributed by atoms with E-state index >= 15 is 0 Å². The molecule has 0 atom stereocenters. The van der Waals surface area contributed by atoms with Crippen LogP contribution < -0.4 is 14.2 Å². The van der Waals surface area contributed by atoms with Gasteiger partial charge in [-0.3, -0.25) is 14.2 Å². The monoisotopic (exact) mass is 595 g/mol. The fourth-order valence-electron chi connectivity index (χ4n) is 2.93. The molecule has 1 aromatic carbocycles. The van der Waals surface area contributed by atoms with Gasteiger partial charge in [0, 0.05) is 0 Å². The first kappa shape index (κ1) is 27.4. The first-order valence-electron chi connectivity index (χ1n) is 10.2. The quantitative estimate of drug-likeness (QED) is 0.231. The van der Waals surface area contributed by atoms with E-state index in [1.165, 1.54) is 6.20 Å². The standard InChI is InChI=1S/C18H17N11O7S3/c1-37(30,31)26-15-13(16(27-38(2,32)33)22-17(21-15)28-39(3,34)35)23-24-14-10(8-19)9-29(25-14)18-20-11-6-4-5-7-12(11)36-18/h4-7,9H,1-3H3,(H3,21,22,26,27,28). The number of aromatic nitrogens is 5. The number of oxazole rings is 1. The van der Waals surface area contributed by atoms with Crippen LogP contribution in [0.1, 0.15) is 5.56 Å². The molecule has 4 rings (SSSR count). The van der Waals surface area contributed by atoms with Crippen molar-refractivity contribution in [3.05, 3.63) is 36.0 Å². The van der Waals surface area contributed by atoms with Crippen molar-refractivity contribution in [2.24, 2.45) is 10.2 Å². The molecule has 4 aromatic rings. The van der Waals surface area contributed by atoms with Gasteiger partial charge in [0.15, 0.2) is 22.9 Å². The minimum absolute atomic E-state index is 0.00699. The van der Waals surface area contributed by atoms with Crippen molar-refractivity contribution in [3.8, 4) is 12.1 Å². The fourth-order valence-corrected chi connectivity index (χ4v) is 4.34. The second-order valence-corrected chi connectivity index (χ2v) is 13.0. The van der Waals surface area contributed by atoms with Crippen LogP contribution in [-0.4, -0.2) is 68.8 Å². The van der Waals surface area contributed by atoms with E-state index in [0.29, 0.717) is 11.1 Å². The van der Waals surface area contributed by atoms with E-state index < -0.39 is 53.3 Å². The lowest BCUT2D eigenvalue weighted by Gasteiger charge is -2.13. The summed E-state index contributed by atoms with van der Waals surface area (Å²) in [6.07, 6.45) is 3.55. The third-order valence-electron chi connectivity index (χ3n) is 4.26. The minimum atomic E-state index is -4.05. The van der Waals surface area contributed by atoms with Crippen molar-refractivity contribution in [2.45, 2.75) is 0 Å². The van der Waals surface area contributed by atoms with E-state index in [1.54, 1.807) is 24.3 Å². The zero-order valence-corrected chi connectivity index (χ0v) is 22.5. The first-order valence-corrected chi connectivity index (χ1v) is 15.9. The van der Waals surface area contributed by atoms with Gasteiger partial charge in [0.1, 0.15) is 17.1 Å². The van der Waals surface area contributed by atoms with Crippen LogP contribution in [0.5, 0.6) is 0 Å². The Balaban J connectivity index is 1.85. The Hall–Kier alpha value is -4.68. The number of nitrogens with one attached hydrogen (secondary N) is 3. The maximum atomic E-state index is 12.0. The van der Waals surface area contributed by atoms with Gasteiger partial charge in [-0.1, -0.05) is 12.1 Å². The molecule has 0 amide bonds. The minimum Gasteiger partial charge on any atom is -0.422 e. The molecule has 21 heteroatoms. The molecule has 0 radical (unpaired) electrons. The molecule has 0 aliphatic heterocycles. The number of sulfonamides is 3. The van der Waals surface area contributed by atoms with Gasteiger partial charge >= 0.3 is 6.01 Å². The summed E-state index contributed by atoms with van der Waals surface area (Å²) in [4.78, 5) is 11.8. The van der Waals surface area contributed by atoms with Crippen molar-refractivity contribution in [3.63, 3.8) is 0 Å². The summed E-state index contributed by atoms with van der Waals surface area (Å²) in [5.41, 5.74) is 0.313. The van der Waals surface area contributed by atoms with Crippen LogP contribution in [0.3, 0.4) is 0 Å². The number of nitriles is 1. The number of hydrogen-bond acceptors (Lipinski definition) is 14. The van der Waals surface area contributed by atoms with Crippen molar-refractivity contribution in [1.82, 2.24) is 24.7 Å². The summed E-state index contributed by atoms with van der Waals surface area (Å²) in [5.74, 6) is -2.23. The summed E-state index contributed by atoms with van der Waals surface area (Å²) >= 11 is 0. The molecule has 39 heavy (non-hydrogen) atoms. The number of hydrogen-bond donors (Lipinski definition) is 3. The summed E-state index contributed by atoms with van der Waals surface area (Å²) in [5, 5.41) is 21.3. The summed E-state index contributed by atoms with van der Waals surface area (Å²) in [6.45, 7) is 0. The fraction of sp³-hybridized carbons (Fsp3) is 0.167. The Kier molecular flexibility index (Phi) is 6.94. The first-order chi connectivity index (χ1) is 18.1. The van der Waals surface area contributed by atoms with Gasteiger partial charge in [-0.2, -0.15) is 24.9 Å². The smallest absolute Gasteiger partial charge is 0.323 e. The second-order valence-electron chi connectivity index (χ2n) is 7.80. The zero-order valence-electron chi connectivity index (χ0n) is 20.0. The van der Waals surface area contributed by atoms with E-state index in [9.17, 15) is 30.5 Å². The molecule has 0 unspecified atom stereocenters. The van der Waals surface area contributed by atoms with E-state index in [1.807, 2.05) is 20.2 Å². The third-order valence-corrected chi connectivity index (χ3v) is 5.94. The maximum Gasteiger partial charge on any atom is 0.323 e. The van der Waals surface area contributed by atoms with Gasteiger partial charge in [-0.05, 0) is 12.1 Å². The van der Waals surface area contributed by atoms with Crippen LogP contribution >= 0.6 is 0 Å². The largest absolute Gasteiger partial charge is 0.422 e. The number of para-hydroxylation sites is 2. The lowest BCUT2D eigenvalue weighted by molar-refractivity contribution is 0.543. The van der Waals surface area contributed by atoms with E-state index in [4.69, 9.17) is 4.42 Å². The average Bonchev–Trinajstić information content (AvgIpc) is 3.39. The SMILES string of the molecule is CS(=O)(=O)Nc1nc(NS(C)(=O)=O)c(N=Nc2nn(-c3nc4ccccc4o3)cc2C#N)c(NS(C)(=O)=O)n1. The van der Waals surface area contributed by atoms with Crippen LogP contribution in [0.25, 0.3) is 17.1 Å². The molecular weight excluding hydrogens is 578 g/mol. The highest BCUT2D eigenvalue weighted by Gasteiger charge is 2.22. The molecule has 0 spiro atoms. The number of azo groups is 1. The van der Waals surface area contributed by atoms with Gasteiger partial charge in [-0.15, -0.1) is 15.3 Å². The Morgan fingerprint density at radius 3 is 2.00 bits per heavy atom. The number of fused-ring (bicyclic) bond motifs is 1. The topological polar surface area (TPSA) is 257 Å². The molecule has 0 aliphatic carbocycles. The highest BCUT2D eigenvalue weighted by Crippen LogP contribution is 2.35. The molecule has 0 bridgehead atoms. The van der Waals surface area contributed by atoms with Gasteiger partial charge in [0.2, 0.25) is 41.8 Å². The Morgan fingerprint density at radius 2 is 1.46 bits per heavy atom. The lowest BCUT2D eigenvalue weighted by Crippen LogP contribution is -2.18. The third kappa shape index (κ3) is 7.00. The zero-order chi connectivity index (χ0) is 28.6. The van der Waals surface area contributed by atoms with Gasteiger partial charge in [-0.25, -0.2) is 25.3 Å². The molecule has 0 saturated carbocycles. The normalized spacial score (nSPS) is 12.5. The van der Waals surface area contributed by atoms with Crippen LogP contribution in [0, 0.1) is 11.3 Å². The molecule has 0 fully saturated rings. The number of benzene rings is 1. The van der Waals surface area contributed by atoms with Crippen LogP contribution in [0.2, 0.25) is 0 Å². The predicted molar refractivity (Wildman–Crippen MR) is 137 cm³/mol. The molecule has 18 nitrogen and oxygen atoms in total. The second kappa shape index (κ2) is 9.89. The molecular formula is C18H17N11O7S3. The van der Waals surface area contributed by atoms with Gasteiger partial charge in [0.05, 0.1) is 25.0 Å². The van der Waals surface area contributed by atoms with Crippen LogP contribution in [-0.2, 0) is 30.1 Å². The van der Waals surface area contributed by atoms with Crippen molar-refractivity contribution in [1.29, 1.82) is 5.26 Å². The average molecular weight is 596 g/mol. The van der Waals surface area contributed by atoms with Crippen molar-refractivity contribution in [2.75, 3.05) is 32.9 Å². The lowest BCUT2D eigenvalue weighted by atomic mass is 10.3. The molecule has 3 aromatic heterocycles. The van der Waals surface area contributed by atoms with E-state index in [-0.39, 0.29) is 17.4 Å². The number of rotatable bonds is 9. The summed E-state index contributed by atoms with van der Waals surface area (Å²) in [7, 11) is -12.1. The Morgan fingerprint density at radius 1 is 0.872 bits per heavy atom. The van der Waals surface area contributed by atoms with Gasteiger partial charge in [0.25, 0.3) is 0 Å². The van der Waals surface area contributed by atoms with E-state index in [0.717, 1.165) is 23.4 Å².